The Morgan fingerprint density at radius 1 is 0.800 bits per heavy atom. The summed E-state index contributed by atoms with van der Waals surface area (Å²) in [6.07, 6.45) is 2.61. The molecular formula is C6H14Na2S2. The van der Waals surface area contributed by atoms with Crippen LogP contribution in [-0.4, -0.2) is 70.6 Å². The third kappa shape index (κ3) is 17.0. The first kappa shape index (κ1) is 18.5. The van der Waals surface area contributed by atoms with Crippen molar-refractivity contribution < 1.29 is 0 Å². The fourth-order valence-corrected chi connectivity index (χ4v) is 2.56. The average Bonchev–Trinajstić information content (AvgIpc) is 1.81. The monoisotopic (exact) mass is 196 g/mol. The fourth-order valence-electron chi connectivity index (χ4n) is 0.285. The van der Waals surface area contributed by atoms with E-state index in [4.69, 9.17) is 0 Å². The second-order valence-corrected chi connectivity index (χ2v) is 4.35. The van der Waals surface area contributed by atoms with Gasteiger partial charge in [-0.3, -0.25) is 0 Å². The number of hydrogen-bond donors (Lipinski definition) is 0. The van der Waals surface area contributed by atoms with E-state index in [0.717, 1.165) is 0 Å². The maximum Gasteiger partial charge on any atom is 0.00343 e. The molecule has 0 unspecified atom stereocenters. The second-order valence-electron chi connectivity index (χ2n) is 1.64. The van der Waals surface area contributed by atoms with Gasteiger partial charge in [-0.2, -0.15) is 0 Å². The largest absolute Gasteiger partial charge is 0.0942 e. The minimum Gasteiger partial charge on any atom is -0.0942 e. The first-order valence-corrected chi connectivity index (χ1v) is 5.65. The van der Waals surface area contributed by atoms with Gasteiger partial charge in [-0.1, -0.05) is 35.4 Å². The molecule has 0 aliphatic heterocycles. The van der Waals surface area contributed by atoms with Gasteiger partial charge in [-0.25, -0.2) is 0 Å². The minimum atomic E-state index is 0. The Kier molecular flexibility index (Phi) is 32.7. The molecule has 10 heavy (non-hydrogen) atoms. The summed E-state index contributed by atoms with van der Waals surface area (Å²) in [6, 6.07) is 0. The van der Waals surface area contributed by atoms with E-state index in [9.17, 15) is 0 Å². The Balaban J connectivity index is -0.000000245. The molecule has 2 radical (unpaired) electrons. The van der Waals surface area contributed by atoms with Gasteiger partial charge in [0.1, 0.15) is 0 Å². The van der Waals surface area contributed by atoms with E-state index < -0.39 is 0 Å². The van der Waals surface area contributed by atoms with E-state index in [-0.39, 0.29) is 59.1 Å². The predicted octanol–water partition coefficient (Wildman–Crippen LogP) is 2.43. The van der Waals surface area contributed by atoms with E-state index >= 15 is 0 Å². The van der Waals surface area contributed by atoms with Crippen LogP contribution in [-0.2, 0) is 0 Å². The molecular weight excluding hydrogens is 182 g/mol. The van der Waals surface area contributed by atoms with Crippen molar-refractivity contribution in [2.24, 2.45) is 0 Å². The quantitative estimate of drug-likeness (QED) is 0.376. The van der Waals surface area contributed by atoms with Gasteiger partial charge in [0.2, 0.25) is 0 Å². The van der Waals surface area contributed by atoms with Gasteiger partial charge in [0, 0.05) is 70.6 Å². The summed E-state index contributed by atoms with van der Waals surface area (Å²) in [5.74, 6) is 2.62. The van der Waals surface area contributed by atoms with Gasteiger partial charge in [-0.15, -0.1) is 0 Å². The molecule has 0 aliphatic rings. The van der Waals surface area contributed by atoms with Crippen LogP contribution in [0.25, 0.3) is 0 Å². The molecule has 0 heterocycles. The summed E-state index contributed by atoms with van der Waals surface area (Å²) in [5.41, 5.74) is 0. The van der Waals surface area contributed by atoms with Gasteiger partial charge in [-0.05, 0) is 12.8 Å². The summed E-state index contributed by atoms with van der Waals surface area (Å²) in [4.78, 5) is 0. The van der Waals surface area contributed by atoms with E-state index in [1.165, 1.54) is 24.3 Å². The smallest absolute Gasteiger partial charge is 0.00343 e. The molecule has 0 N–H and O–H groups in total. The average molecular weight is 196 g/mol. The molecule has 0 aromatic heterocycles. The molecule has 0 saturated heterocycles. The Labute approximate surface area is 117 Å². The second kappa shape index (κ2) is 17.7. The summed E-state index contributed by atoms with van der Waals surface area (Å²) < 4.78 is 0. The normalized spacial score (nSPS) is 7.80. The molecule has 0 spiro atoms. The molecule has 0 saturated carbocycles. The molecule has 0 bridgehead atoms. The molecule has 0 nitrogen and oxygen atoms in total. The van der Waals surface area contributed by atoms with Gasteiger partial charge in [0.25, 0.3) is 0 Å². The van der Waals surface area contributed by atoms with E-state index in [1.807, 2.05) is 21.6 Å². The van der Waals surface area contributed by atoms with E-state index in [0.29, 0.717) is 0 Å². The Bertz CT molecular complexity index is 38.7. The zero-order valence-electron chi connectivity index (χ0n) is 7.64. The standard InChI is InChI=1S/C6H14S2.2Na/c1-3-5-7-8-6-4-2;;/h3-6H2,1-2H3;;. The van der Waals surface area contributed by atoms with Crippen LogP contribution >= 0.6 is 21.6 Å². The summed E-state index contributed by atoms with van der Waals surface area (Å²) in [6.45, 7) is 4.44. The van der Waals surface area contributed by atoms with Gasteiger partial charge in [0.05, 0.1) is 0 Å². The zero-order valence-corrected chi connectivity index (χ0v) is 13.3. The van der Waals surface area contributed by atoms with Crippen LogP contribution < -0.4 is 0 Å². The SMILES string of the molecule is CCCSSCCC.[Na].[Na]. The van der Waals surface area contributed by atoms with Crippen LogP contribution in [0.2, 0.25) is 0 Å². The van der Waals surface area contributed by atoms with Crippen molar-refractivity contribution in [1.82, 2.24) is 0 Å². The van der Waals surface area contributed by atoms with Crippen LogP contribution in [0.3, 0.4) is 0 Å². The summed E-state index contributed by atoms with van der Waals surface area (Å²) in [7, 11) is 3.99. The van der Waals surface area contributed by atoms with Crippen LogP contribution in [0.4, 0.5) is 0 Å². The minimum absolute atomic E-state index is 0. The topological polar surface area (TPSA) is 0 Å². The van der Waals surface area contributed by atoms with Gasteiger partial charge < -0.3 is 0 Å². The van der Waals surface area contributed by atoms with Crippen LogP contribution in [0.5, 0.6) is 0 Å². The van der Waals surface area contributed by atoms with Crippen molar-refractivity contribution in [2.45, 2.75) is 26.7 Å². The third-order valence-electron chi connectivity index (χ3n) is 0.658. The van der Waals surface area contributed by atoms with Crippen molar-refractivity contribution in [3.63, 3.8) is 0 Å². The first-order chi connectivity index (χ1) is 3.91. The van der Waals surface area contributed by atoms with Crippen LogP contribution in [0.1, 0.15) is 26.7 Å². The summed E-state index contributed by atoms with van der Waals surface area (Å²) in [5, 5.41) is 0. The maximum atomic E-state index is 2.22. The van der Waals surface area contributed by atoms with Crippen LogP contribution in [0.15, 0.2) is 0 Å². The van der Waals surface area contributed by atoms with Crippen molar-refractivity contribution in [2.75, 3.05) is 11.5 Å². The Hall–Kier alpha value is 2.70. The van der Waals surface area contributed by atoms with Gasteiger partial charge >= 0.3 is 0 Å². The van der Waals surface area contributed by atoms with Crippen LogP contribution in [0, 0.1) is 0 Å². The first-order valence-electron chi connectivity index (χ1n) is 3.16. The van der Waals surface area contributed by atoms with Crippen molar-refractivity contribution in [1.29, 1.82) is 0 Å². The molecule has 0 fully saturated rings. The number of rotatable bonds is 5. The molecule has 0 atom stereocenters. The Morgan fingerprint density at radius 3 is 1.30 bits per heavy atom. The van der Waals surface area contributed by atoms with E-state index in [2.05, 4.69) is 13.8 Å². The predicted molar refractivity (Wildman–Crippen MR) is 57.0 cm³/mol. The van der Waals surface area contributed by atoms with Crippen molar-refractivity contribution in [3.05, 3.63) is 0 Å². The third-order valence-corrected chi connectivity index (χ3v) is 3.47. The molecule has 52 valence electrons. The maximum absolute atomic E-state index is 2.22. The Morgan fingerprint density at radius 2 is 1.10 bits per heavy atom. The molecule has 0 aromatic rings. The van der Waals surface area contributed by atoms with Crippen molar-refractivity contribution in [3.8, 4) is 0 Å². The molecule has 4 heteroatoms. The van der Waals surface area contributed by atoms with E-state index in [1.54, 1.807) is 0 Å². The summed E-state index contributed by atoms with van der Waals surface area (Å²) >= 11 is 0. The molecule has 0 rings (SSSR count). The molecule has 0 amide bonds. The van der Waals surface area contributed by atoms with Crippen molar-refractivity contribution >= 4 is 80.7 Å². The van der Waals surface area contributed by atoms with Gasteiger partial charge in [0.15, 0.2) is 0 Å². The zero-order chi connectivity index (χ0) is 6.24. The molecule has 0 aliphatic carbocycles. The molecule has 0 aromatic carbocycles. The number of hydrogen-bond acceptors (Lipinski definition) is 2. The fraction of sp³-hybridized carbons (Fsp3) is 1.00.